The molecule has 2 aromatic carbocycles. The fraction of sp³-hybridized carbons (Fsp3) is 0.192. The predicted octanol–water partition coefficient (Wildman–Crippen LogP) is 3.40. The molecule has 0 unspecified atom stereocenters. The molecule has 1 fully saturated rings. The second-order valence-electron chi connectivity index (χ2n) is 8.43. The molecule has 0 bridgehead atoms. The third kappa shape index (κ3) is 5.43. The number of carbonyl (C=O) groups is 1. The minimum Gasteiger partial charge on any atom is -0.465 e. The van der Waals surface area contributed by atoms with E-state index in [0.717, 1.165) is 10.1 Å². The molecule has 1 saturated heterocycles. The zero-order valence-electron chi connectivity index (χ0n) is 20.2. The molecule has 0 aliphatic carbocycles. The lowest BCUT2D eigenvalue weighted by Crippen LogP contribution is -2.49. The summed E-state index contributed by atoms with van der Waals surface area (Å²) in [6, 6.07) is 15.0. The normalized spacial score (nSPS) is 13.0. The Morgan fingerprint density at radius 2 is 1.82 bits per heavy atom. The molecule has 4 aromatic rings. The number of aromatic nitrogens is 4. The number of carbonyl (C=O) groups excluding carboxylic acids is 1. The maximum Gasteiger partial charge on any atom is 0.355 e. The van der Waals surface area contributed by atoms with E-state index in [-0.39, 0.29) is 37.3 Å². The maximum atomic E-state index is 13.4. The van der Waals surface area contributed by atoms with Crippen LogP contribution < -0.4 is 21.4 Å². The van der Waals surface area contributed by atoms with Crippen LogP contribution in [0.2, 0.25) is 5.02 Å². The Morgan fingerprint density at radius 3 is 2.47 bits per heavy atom. The molecule has 194 valence electrons. The van der Waals surface area contributed by atoms with Crippen LogP contribution in [0.5, 0.6) is 11.5 Å². The van der Waals surface area contributed by atoms with Crippen molar-refractivity contribution in [2.24, 2.45) is 0 Å². The summed E-state index contributed by atoms with van der Waals surface area (Å²) in [5.74, 6) is 0.406. The largest absolute Gasteiger partial charge is 0.465 e. The van der Waals surface area contributed by atoms with E-state index in [1.54, 1.807) is 48.5 Å². The number of hydrogen-bond acceptors (Lipinski definition) is 9. The van der Waals surface area contributed by atoms with Crippen molar-refractivity contribution in [3.8, 4) is 11.5 Å². The molecule has 0 radical (unpaired) electrons. The van der Waals surface area contributed by atoms with Crippen molar-refractivity contribution in [2.75, 3.05) is 25.6 Å². The number of pyridine rings is 1. The first-order chi connectivity index (χ1) is 18.4. The zero-order chi connectivity index (χ0) is 26.6. The number of halogens is 1. The van der Waals surface area contributed by atoms with Gasteiger partial charge in [0.05, 0.1) is 44.7 Å². The van der Waals surface area contributed by atoms with Gasteiger partial charge in [0, 0.05) is 16.9 Å². The highest BCUT2D eigenvalue weighted by Gasteiger charge is 2.26. The van der Waals surface area contributed by atoms with Crippen LogP contribution in [0.25, 0.3) is 0 Å². The first-order valence-electron chi connectivity index (χ1n) is 11.5. The van der Waals surface area contributed by atoms with Crippen molar-refractivity contribution in [3.63, 3.8) is 0 Å². The van der Waals surface area contributed by atoms with Crippen molar-refractivity contribution < 1.29 is 19.0 Å². The fourth-order valence-electron chi connectivity index (χ4n) is 3.78. The molecule has 38 heavy (non-hydrogen) atoms. The molecule has 3 heterocycles. The van der Waals surface area contributed by atoms with Crippen molar-refractivity contribution in [1.82, 2.24) is 19.1 Å². The predicted molar refractivity (Wildman–Crippen MR) is 139 cm³/mol. The molecular formula is C26H22ClN5O6. The SMILES string of the molecule is COC(=O)c1cncc(Oc2ccc(Nc3nc(=O)n(C4COC4)c(=O)n3Cc3ccc(Cl)cc3)cc2)c1. The van der Waals surface area contributed by atoms with Crippen LogP contribution >= 0.6 is 11.6 Å². The van der Waals surface area contributed by atoms with Crippen molar-refractivity contribution in [3.05, 3.63) is 104 Å². The molecule has 11 nitrogen and oxygen atoms in total. The van der Waals surface area contributed by atoms with Gasteiger partial charge in [-0.25, -0.2) is 19.0 Å². The first kappa shape index (κ1) is 25.2. The minimum absolute atomic E-state index is 0.0927. The third-order valence-electron chi connectivity index (χ3n) is 5.82. The second kappa shape index (κ2) is 10.9. The molecule has 0 amide bonds. The molecule has 5 rings (SSSR count). The van der Waals surface area contributed by atoms with Crippen LogP contribution in [0.1, 0.15) is 22.0 Å². The molecule has 0 spiro atoms. The standard InChI is InChI=1S/C26H22ClN5O6/c1-36-23(33)17-10-22(12-28-11-17)38-21-8-6-19(7-9-21)29-24-30-25(34)32(20-14-37-15-20)26(35)31(24)13-16-2-4-18(27)5-3-16/h2-12,20H,13-15H2,1H3,(H,29,30,34). The van der Waals surface area contributed by atoms with Crippen LogP contribution in [0.15, 0.2) is 76.6 Å². The van der Waals surface area contributed by atoms with Gasteiger partial charge in [-0.2, -0.15) is 4.98 Å². The van der Waals surface area contributed by atoms with Gasteiger partial charge in [0.1, 0.15) is 11.5 Å². The number of nitrogens with one attached hydrogen (secondary N) is 1. The van der Waals surface area contributed by atoms with Gasteiger partial charge in [-0.3, -0.25) is 9.55 Å². The molecule has 1 aliphatic rings. The highest BCUT2D eigenvalue weighted by atomic mass is 35.5. The molecule has 0 atom stereocenters. The van der Waals surface area contributed by atoms with Crippen molar-refractivity contribution in [2.45, 2.75) is 12.6 Å². The number of benzene rings is 2. The highest BCUT2D eigenvalue weighted by molar-refractivity contribution is 6.30. The highest BCUT2D eigenvalue weighted by Crippen LogP contribution is 2.25. The van der Waals surface area contributed by atoms with Gasteiger partial charge in [0.2, 0.25) is 5.95 Å². The number of nitrogens with zero attached hydrogens (tertiary/aromatic N) is 4. The van der Waals surface area contributed by atoms with Gasteiger partial charge < -0.3 is 19.5 Å². The van der Waals surface area contributed by atoms with Gasteiger partial charge in [-0.05, 0) is 48.0 Å². The topological polar surface area (TPSA) is 127 Å². The molecule has 0 saturated carbocycles. The van der Waals surface area contributed by atoms with Crippen molar-refractivity contribution in [1.29, 1.82) is 0 Å². The van der Waals surface area contributed by atoms with Gasteiger partial charge in [0.25, 0.3) is 0 Å². The summed E-state index contributed by atoms with van der Waals surface area (Å²) in [5, 5.41) is 3.64. The smallest absolute Gasteiger partial charge is 0.355 e. The summed E-state index contributed by atoms with van der Waals surface area (Å²) in [7, 11) is 1.29. The van der Waals surface area contributed by atoms with Gasteiger partial charge in [-0.15, -0.1) is 0 Å². The number of rotatable bonds is 8. The molecule has 1 N–H and O–H groups in total. The molecule has 1 aliphatic heterocycles. The molecule has 12 heteroatoms. The summed E-state index contributed by atoms with van der Waals surface area (Å²) in [6.45, 7) is 0.734. The summed E-state index contributed by atoms with van der Waals surface area (Å²) in [5.41, 5.74) is 0.489. The minimum atomic E-state index is -0.656. The summed E-state index contributed by atoms with van der Waals surface area (Å²) >= 11 is 6.00. The first-order valence-corrected chi connectivity index (χ1v) is 11.9. The Labute approximate surface area is 221 Å². The summed E-state index contributed by atoms with van der Waals surface area (Å²) in [4.78, 5) is 46.0. The number of anilines is 2. The van der Waals surface area contributed by atoms with Gasteiger partial charge >= 0.3 is 17.3 Å². The number of methoxy groups -OCH3 is 1. The van der Waals surface area contributed by atoms with E-state index in [9.17, 15) is 14.4 Å². The Bertz CT molecular complexity index is 1580. The van der Waals surface area contributed by atoms with Crippen LogP contribution in [-0.4, -0.2) is 45.4 Å². The van der Waals surface area contributed by atoms with E-state index in [1.807, 2.05) is 0 Å². The van der Waals surface area contributed by atoms with E-state index >= 15 is 0 Å². The zero-order valence-corrected chi connectivity index (χ0v) is 20.9. The quantitative estimate of drug-likeness (QED) is 0.338. The molecule has 2 aromatic heterocycles. The van der Waals surface area contributed by atoms with Crippen molar-refractivity contribution >= 4 is 29.2 Å². The Hall–Kier alpha value is -4.48. The lowest BCUT2D eigenvalue weighted by atomic mass is 10.2. The van der Waals surface area contributed by atoms with E-state index < -0.39 is 17.3 Å². The number of hydrogen-bond donors (Lipinski definition) is 1. The van der Waals surface area contributed by atoms with Crippen LogP contribution in [0, 0.1) is 0 Å². The van der Waals surface area contributed by atoms with Crippen LogP contribution in [0.4, 0.5) is 11.6 Å². The van der Waals surface area contributed by atoms with E-state index in [2.05, 4.69) is 15.3 Å². The van der Waals surface area contributed by atoms with Crippen LogP contribution in [-0.2, 0) is 16.0 Å². The summed E-state index contributed by atoms with van der Waals surface area (Å²) < 4.78 is 18.2. The van der Waals surface area contributed by atoms with E-state index in [0.29, 0.717) is 22.2 Å². The Balaban J connectivity index is 1.41. The third-order valence-corrected chi connectivity index (χ3v) is 6.07. The summed E-state index contributed by atoms with van der Waals surface area (Å²) in [6.07, 6.45) is 2.86. The molecular weight excluding hydrogens is 514 g/mol. The average molecular weight is 536 g/mol. The maximum absolute atomic E-state index is 13.4. The second-order valence-corrected chi connectivity index (χ2v) is 8.86. The lowest BCUT2D eigenvalue weighted by molar-refractivity contribution is -0.0278. The van der Waals surface area contributed by atoms with Crippen LogP contribution in [0.3, 0.4) is 0 Å². The number of esters is 1. The monoisotopic (exact) mass is 535 g/mol. The van der Waals surface area contributed by atoms with E-state index in [4.69, 9.17) is 25.8 Å². The average Bonchev–Trinajstić information content (AvgIpc) is 2.89. The Morgan fingerprint density at radius 1 is 1.08 bits per heavy atom. The number of ether oxygens (including phenoxy) is 3. The Kier molecular flexibility index (Phi) is 7.20. The lowest BCUT2D eigenvalue weighted by Gasteiger charge is -2.27. The van der Waals surface area contributed by atoms with E-state index in [1.165, 1.54) is 30.1 Å². The fourth-order valence-corrected chi connectivity index (χ4v) is 3.90. The van der Waals surface area contributed by atoms with Gasteiger partial charge in [0.15, 0.2) is 0 Å². The van der Waals surface area contributed by atoms with Gasteiger partial charge in [-0.1, -0.05) is 23.7 Å².